The number of carbonyl (C=O) groups is 1. The Morgan fingerprint density at radius 1 is 1.19 bits per heavy atom. The van der Waals surface area contributed by atoms with E-state index in [0.29, 0.717) is 23.8 Å². The molecule has 0 fully saturated rings. The highest BCUT2D eigenvalue weighted by Gasteiger charge is 2.23. The Bertz CT molecular complexity index is 1110. The molecule has 0 saturated carbocycles. The summed E-state index contributed by atoms with van der Waals surface area (Å²) in [7, 11) is 3.33. The molecule has 32 heavy (non-hydrogen) atoms. The number of carbonyl (C=O) groups excluding carboxylic acids is 1. The second-order valence-corrected chi connectivity index (χ2v) is 7.32. The molecule has 166 valence electrons. The van der Waals surface area contributed by atoms with Crippen molar-refractivity contribution < 1.29 is 14.3 Å². The van der Waals surface area contributed by atoms with Crippen molar-refractivity contribution in [2.75, 3.05) is 37.5 Å². The monoisotopic (exact) mass is 435 g/mol. The van der Waals surface area contributed by atoms with Gasteiger partial charge in [0.2, 0.25) is 5.91 Å². The number of ether oxygens (including phenoxy) is 2. The number of aryl methyl sites for hydroxylation is 1. The van der Waals surface area contributed by atoms with Gasteiger partial charge in [-0.1, -0.05) is 0 Å². The maximum atomic E-state index is 12.6. The first kappa shape index (κ1) is 21.4. The summed E-state index contributed by atoms with van der Waals surface area (Å²) in [6.07, 6.45) is 7.46. The molecule has 0 aromatic carbocycles. The lowest BCUT2D eigenvalue weighted by Crippen LogP contribution is -2.31. The van der Waals surface area contributed by atoms with Gasteiger partial charge in [0, 0.05) is 30.6 Å². The van der Waals surface area contributed by atoms with Crippen molar-refractivity contribution in [3.63, 3.8) is 0 Å². The lowest BCUT2D eigenvalue weighted by molar-refractivity contribution is -0.114. The Morgan fingerprint density at radius 3 is 2.75 bits per heavy atom. The minimum absolute atomic E-state index is 0.112. The van der Waals surface area contributed by atoms with Gasteiger partial charge in [0.1, 0.15) is 17.3 Å². The molecule has 0 bridgehead atoms. The zero-order valence-electron chi connectivity index (χ0n) is 18.3. The number of hydrogen-bond donors (Lipinski definition) is 1. The molecule has 10 heteroatoms. The van der Waals surface area contributed by atoms with E-state index in [1.54, 1.807) is 12.3 Å². The molecule has 0 radical (unpaired) electrons. The third-order valence-corrected chi connectivity index (χ3v) is 5.02. The van der Waals surface area contributed by atoms with Crippen molar-refractivity contribution in [1.29, 1.82) is 0 Å². The molecule has 0 saturated heterocycles. The van der Waals surface area contributed by atoms with E-state index >= 15 is 0 Å². The molecule has 0 spiro atoms. The Morgan fingerprint density at radius 2 is 2.00 bits per heavy atom. The Labute approximate surface area is 186 Å². The van der Waals surface area contributed by atoms with E-state index in [1.165, 1.54) is 19.5 Å². The number of amides is 1. The number of anilines is 2. The molecule has 1 aliphatic rings. The molecule has 3 aromatic heterocycles. The van der Waals surface area contributed by atoms with Gasteiger partial charge in [0.15, 0.2) is 5.82 Å². The van der Waals surface area contributed by atoms with E-state index < -0.39 is 0 Å². The average Bonchev–Trinajstić information content (AvgIpc) is 3.28. The number of nitrogens with zero attached hydrogens (tertiary/aromatic N) is 6. The number of fused-ring (bicyclic) bond motifs is 1. The first-order valence-electron chi connectivity index (χ1n) is 10.4. The predicted molar refractivity (Wildman–Crippen MR) is 119 cm³/mol. The van der Waals surface area contributed by atoms with Gasteiger partial charge in [-0.25, -0.2) is 19.9 Å². The second kappa shape index (κ2) is 9.54. The van der Waals surface area contributed by atoms with E-state index in [1.807, 2.05) is 24.9 Å². The van der Waals surface area contributed by atoms with Crippen molar-refractivity contribution in [1.82, 2.24) is 24.9 Å². The SMILES string of the molecule is CCOc1ccnc(-c2nc3c(c(N(C)CC(=O)Nc4cnc(OC)nc4)n2)CCC3)c1. The molecule has 3 aromatic rings. The van der Waals surface area contributed by atoms with E-state index in [2.05, 4.69) is 20.3 Å². The highest BCUT2D eigenvalue weighted by molar-refractivity contribution is 5.93. The molecule has 4 rings (SSSR count). The largest absolute Gasteiger partial charge is 0.494 e. The summed E-state index contributed by atoms with van der Waals surface area (Å²) in [5.41, 5.74) is 3.22. The lowest BCUT2D eigenvalue weighted by Gasteiger charge is -2.21. The minimum atomic E-state index is -0.204. The Balaban J connectivity index is 1.55. The maximum Gasteiger partial charge on any atom is 0.316 e. The van der Waals surface area contributed by atoms with E-state index in [4.69, 9.17) is 19.4 Å². The van der Waals surface area contributed by atoms with Gasteiger partial charge in [0.05, 0.1) is 38.3 Å². The number of hydrogen-bond acceptors (Lipinski definition) is 9. The smallest absolute Gasteiger partial charge is 0.316 e. The third-order valence-electron chi connectivity index (χ3n) is 5.02. The fourth-order valence-electron chi connectivity index (χ4n) is 3.61. The lowest BCUT2D eigenvalue weighted by atomic mass is 10.2. The van der Waals surface area contributed by atoms with Crippen molar-refractivity contribution in [2.45, 2.75) is 26.2 Å². The molecule has 0 unspecified atom stereocenters. The standard InChI is InChI=1S/C22H25N7O3/c1-4-32-15-8-9-23-18(10-15)20-27-17-7-5-6-16(17)21(28-20)29(2)13-19(30)26-14-11-24-22(31-3)25-12-14/h8-12H,4-7,13H2,1-3H3,(H,26,30). The van der Waals surface area contributed by atoms with Crippen LogP contribution < -0.4 is 19.7 Å². The first-order valence-corrected chi connectivity index (χ1v) is 10.4. The molecule has 3 heterocycles. The van der Waals surface area contributed by atoms with Gasteiger partial charge in [-0.15, -0.1) is 0 Å². The quantitative estimate of drug-likeness (QED) is 0.569. The van der Waals surface area contributed by atoms with Gasteiger partial charge in [0.25, 0.3) is 0 Å². The number of rotatable bonds is 8. The minimum Gasteiger partial charge on any atom is -0.494 e. The molecular formula is C22H25N7O3. The summed E-state index contributed by atoms with van der Waals surface area (Å²) >= 11 is 0. The van der Waals surface area contributed by atoms with Crippen molar-refractivity contribution >= 4 is 17.4 Å². The zero-order chi connectivity index (χ0) is 22.5. The van der Waals surface area contributed by atoms with Gasteiger partial charge < -0.3 is 19.7 Å². The zero-order valence-corrected chi connectivity index (χ0v) is 18.3. The molecule has 1 aliphatic carbocycles. The Kier molecular flexibility index (Phi) is 6.39. The van der Waals surface area contributed by atoms with Crippen LogP contribution in [0.1, 0.15) is 24.6 Å². The van der Waals surface area contributed by atoms with Crippen LogP contribution in [0.2, 0.25) is 0 Å². The second-order valence-electron chi connectivity index (χ2n) is 7.32. The first-order chi connectivity index (χ1) is 15.6. The van der Waals surface area contributed by atoms with Gasteiger partial charge in [-0.05, 0) is 32.3 Å². The van der Waals surface area contributed by atoms with Crippen LogP contribution in [0.25, 0.3) is 11.5 Å². The van der Waals surface area contributed by atoms with Crippen LogP contribution in [0, 0.1) is 0 Å². The van der Waals surface area contributed by atoms with E-state index in [9.17, 15) is 4.79 Å². The van der Waals surface area contributed by atoms with E-state index in [0.717, 1.165) is 42.1 Å². The van der Waals surface area contributed by atoms with Crippen molar-refractivity contribution in [2.24, 2.45) is 0 Å². The van der Waals surface area contributed by atoms with Gasteiger partial charge in [-0.2, -0.15) is 0 Å². The summed E-state index contributed by atoms with van der Waals surface area (Å²) in [5, 5.41) is 2.80. The van der Waals surface area contributed by atoms with Crippen LogP contribution in [0.5, 0.6) is 11.8 Å². The summed E-state index contributed by atoms with van der Waals surface area (Å²) in [5.74, 6) is 1.78. The van der Waals surface area contributed by atoms with Crippen molar-refractivity contribution in [3.8, 4) is 23.3 Å². The summed E-state index contributed by atoms with van der Waals surface area (Å²) in [6.45, 7) is 2.61. The molecule has 1 N–H and O–H groups in total. The average molecular weight is 435 g/mol. The number of pyridine rings is 1. The van der Waals surface area contributed by atoms with Gasteiger partial charge in [-0.3, -0.25) is 9.78 Å². The van der Waals surface area contributed by atoms with Crippen LogP contribution in [0.3, 0.4) is 0 Å². The van der Waals surface area contributed by atoms with Crippen molar-refractivity contribution in [3.05, 3.63) is 42.0 Å². The summed E-state index contributed by atoms with van der Waals surface area (Å²) < 4.78 is 10.5. The fraction of sp³-hybridized carbons (Fsp3) is 0.364. The van der Waals surface area contributed by atoms with Gasteiger partial charge >= 0.3 is 6.01 Å². The van der Waals surface area contributed by atoms with Crippen LogP contribution in [0.15, 0.2) is 30.7 Å². The number of methoxy groups -OCH3 is 1. The summed E-state index contributed by atoms with van der Waals surface area (Å²) in [4.78, 5) is 36.4. The number of nitrogens with one attached hydrogen (secondary N) is 1. The molecule has 0 aliphatic heterocycles. The van der Waals surface area contributed by atoms with Crippen LogP contribution >= 0.6 is 0 Å². The number of aromatic nitrogens is 5. The molecular weight excluding hydrogens is 410 g/mol. The summed E-state index contributed by atoms with van der Waals surface area (Å²) in [6, 6.07) is 3.88. The highest BCUT2D eigenvalue weighted by Crippen LogP contribution is 2.31. The third kappa shape index (κ3) is 4.74. The fourth-order valence-corrected chi connectivity index (χ4v) is 3.61. The highest BCUT2D eigenvalue weighted by atomic mass is 16.5. The van der Waals surface area contributed by atoms with Crippen LogP contribution in [0.4, 0.5) is 11.5 Å². The number of likely N-dealkylation sites (N-methyl/N-ethyl adjacent to an activating group) is 1. The normalized spacial score (nSPS) is 12.2. The molecule has 0 atom stereocenters. The molecule has 1 amide bonds. The maximum absolute atomic E-state index is 12.6. The van der Waals surface area contributed by atoms with Crippen LogP contribution in [-0.4, -0.2) is 58.1 Å². The Hall–Kier alpha value is -3.82. The van der Waals surface area contributed by atoms with E-state index in [-0.39, 0.29) is 18.5 Å². The predicted octanol–water partition coefficient (Wildman–Crippen LogP) is 2.30. The topological polar surface area (TPSA) is 115 Å². The molecule has 10 nitrogen and oxygen atoms in total. The van der Waals surface area contributed by atoms with Crippen LogP contribution in [-0.2, 0) is 17.6 Å².